The smallest absolute Gasteiger partial charge is 0.192 e. The van der Waals surface area contributed by atoms with E-state index in [9.17, 15) is 5.11 Å². The van der Waals surface area contributed by atoms with Gasteiger partial charge in [0.1, 0.15) is 0 Å². The minimum absolute atomic E-state index is 0.0256. The molecule has 0 aromatic carbocycles. The Labute approximate surface area is 175 Å². The summed E-state index contributed by atoms with van der Waals surface area (Å²) in [4.78, 5) is 0. The zero-order valence-electron chi connectivity index (χ0n) is 19.6. The molecule has 6 heteroatoms. The van der Waals surface area contributed by atoms with Gasteiger partial charge in [0.2, 0.25) is 0 Å². The Balaban J connectivity index is 1.96. The number of aliphatic hydroxyl groups is 1. The molecule has 4 nitrogen and oxygen atoms in total. The molecule has 0 saturated carbocycles. The van der Waals surface area contributed by atoms with Crippen LogP contribution in [0.15, 0.2) is 11.8 Å². The van der Waals surface area contributed by atoms with Crippen LogP contribution in [0.4, 0.5) is 0 Å². The first-order chi connectivity index (χ1) is 12.7. The van der Waals surface area contributed by atoms with Crippen LogP contribution in [0.25, 0.3) is 0 Å². The van der Waals surface area contributed by atoms with Gasteiger partial charge in [0.15, 0.2) is 8.32 Å². The van der Waals surface area contributed by atoms with E-state index in [1.807, 2.05) is 0 Å². The van der Waals surface area contributed by atoms with Gasteiger partial charge in [-0.15, -0.1) is 0 Å². The molecule has 0 unspecified atom stereocenters. The SMILES string of the molecule is CC[C@H]1O[C@@H]([C@H]2C[C@@H](O)[C@@H](C/C=C\[Si](C)(C)C)O2)C[C@H]1O[Si](C)(C)C(C)(C)C. The average Bonchev–Trinajstić information content (AvgIpc) is 3.08. The second-order valence-corrected chi connectivity index (χ2v) is 21.1. The van der Waals surface area contributed by atoms with Gasteiger partial charge in [0, 0.05) is 12.8 Å². The third-order valence-electron chi connectivity index (χ3n) is 6.54. The zero-order chi connectivity index (χ0) is 21.3. The molecule has 0 radical (unpaired) electrons. The summed E-state index contributed by atoms with van der Waals surface area (Å²) in [5.41, 5.74) is 2.33. The van der Waals surface area contributed by atoms with E-state index >= 15 is 0 Å². The van der Waals surface area contributed by atoms with Crippen molar-refractivity contribution in [2.75, 3.05) is 0 Å². The van der Waals surface area contributed by atoms with Gasteiger partial charge in [-0.3, -0.25) is 0 Å². The third kappa shape index (κ3) is 6.25. The quantitative estimate of drug-likeness (QED) is 0.560. The van der Waals surface area contributed by atoms with E-state index in [1.54, 1.807) is 0 Å². The van der Waals surface area contributed by atoms with Crippen LogP contribution in [-0.2, 0) is 13.9 Å². The lowest BCUT2D eigenvalue weighted by atomic mass is 10.0. The molecule has 1 N–H and O–H groups in total. The van der Waals surface area contributed by atoms with E-state index in [1.165, 1.54) is 0 Å². The molecule has 0 spiro atoms. The Kier molecular flexibility index (Phi) is 7.82. The lowest BCUT2D eigenvalue weighted by Crippen LogP contribution is -2.45. The minimum atomic E-state index is -1.84. The van der Waals surface area contributed by atoms with E-state index in [-0.39, 0.29) is 35.6 Å². The van der Waals surface area contributed by atoms with Gasteiger partial charge >= 0.3 is 0 Å². The van der Waals surface area contributed by atoms with E-state index in [2.05, 4.69) is 72.2 Å². The van der Waals surface area contributed by atoms with Gasteiger partial charge in [-0.05, 0) is 31.0 Å². The first-order valence-corrected chi connectivity index (χ1v) is 17.6. The van der Waals surface area contributed by atoms with Gasteiger partial charge in [0.05, 0.1) is 44.7 Å². The largest absolute Gasteiger partial charge is 0.411 e. The number of rotatable bonds is 7. The molecular weight excluding hydrogens is 384 g/mol. The molecule has 0 amide bonds. The van der Waals surface area contributed by atoms with Gasteiger partial charge in [-0.2, -0.15) is 0 Å². The molecule has 2 rings (SSSR count). The molecule has 28 heavy (non-hydrogen) atoms. The van der Waals surface area contributed by atoms with Crippen molar-refractivity contribution < 1.29 is 19.0 Å². The van der Waals surface area contributed by atoms with Crippen molar-refractivity contribution >= 4 is 16.4 Å². The summed E-state index contributed by atoms with van der Waals surface area (Å²) in [6, 6.07) is 0. The highest BCUT2D eigenvalue weighted by atomic mass is 28.4. The van der Waals surface area contributed by atoms with Crippen molar-refractivity contribution in [3.8, 4) is 0 Å². The third-order valence-corrected chi connectivity index (χ3v) is 12.3. The van der Waals surface area contributed by atoms with Gasteiger partial charge in [-0.1, -0.05) is 59.1 Å². The summed E-state index contributed by atoms with van der Waals surface area (Å²) in [5.74, 6) is 0. The maximum absolute atomic E-state index is 10.5. The molecule has 2 fully saturated rings. The molecule has 2 heterocycles. The topological polar surface area (TPSA) is 47.9 Å². The Morgan fingerprint density at radius 1 is 1.00 bits per heavy atom. The van der Waals surface area contributed by atoms with Crippen molar-refractivity contribution in [2.45, 2.75) is 128 Å². The highest BCUT2D eigenvalue weighted by molar-refractivity contribution is 6.80. The first-order valence-electron chi connectivity index (χ1n) is 11.1. The van der Waals surface area contributed by atoms with E-state index in [4.69, 9.17) is 13.9 Å². The summed E-state index contributed by atoms with van der Waals surface area (Å²) in [6.45, 7) is 20.6. The highest BCUT2D eigenvalue weighted by Gasteiger charge is 2.48. The second kappa shape index (κ2) is 9.02. The fourth-order valence-electron chi connectivity index (χ4n) is 3.79. The first kappa shape index (κ1) is 24.3. The van der Waals surface area contributed by atoms with E-state index in [0.717, 1.165) is 19.3 Å². The molecule has 0 aromatic rings. The number of ether oxygens (including phenoxy) is 2. The zero-order valence-corrected chi connectivity index (χ0v) is 21.6. The molecule has 2 aliphatic heterocycles. The molecule has 164 valence electrons. The maximum Gasteiger partial charge on any atom is 0.192 e. The van der Waals surface area contributed by atoms with Crippen LogP contribution in [0.1, 0.15) is 53.4 Å². The summed E-state index contributed by atoms with van der Waals surface area (Å²) >= 11 is 0. The molecule has 2 aliphatic rings. The second-order valence-electron chi connectivity index (χ2n) is 11.3. The highest BCUT2D eigenvalue weighted by Crippen LogP contribution is 2.41. The predicted molar refractivity (Wildman–Crippen MR) is 122 cm³/mol. The molecule has 2 saturated heterocycles. The summed E-state index contributed by atoms with van der Waals surface area (Å²) in [5, 5.41) is 10.7. The van der Waals surface area contributed by atoms with Crippen LogP contribution in [0.5, 0.6) is 0 Å². The number of aliphatic hydroxyl groups excluding tert-OH is 1. The van der Waals surface area contributed by atoms with Gasteiger partial charge in [0.25, 0.3) is 0 Å². The van der Waals surface area contributed by atoms with Crippen LogP contribution in [-0.4, -0.2) is 58.1 Å². The Bertz CT molecular complexity index is 536. The fraction of sp³-hybridized carbons (Fsp3) is 0.909. The average molecular weight is 429 g/mol. The summed E-state index contributed by atoms with van der Waals surface area (Å²) < 4.78 is 19.3. The number of hydrogen-bond donors (Lipinski definition) is 1. The lowest BCUT2D eigenvalue weighted by Gasteiger charge is -2.39. The van der Waals surface area contributed by atoms with Crippen molar-refractivity contribution in [1.29, 1.82) is 0 Å². The van der Waals surface area contributed by atoms with Crippen LogP contribution >= 0.6 is 0 Å². The van der Waals surface area contributed by atoms with Gasteiger partial charge in [-0.25, -0.2) is 0 Å². The van der Waals surface area contributed by atoms with Crippen LogP contribution in [0.2, 0.25) is 37.8 Å². The Hall–Kier alpha value is 0.0138. The maximum atomic E-state index is 10.5. The summed E-state index contributed by atoms with van der Waals surface area (Å²) in [7, 11) is -3.05. The van der Waals surface area contributed by atoms with Crippen molar-refractivity contribution in [1.82, 2.24) is 0 Å². The number of hydrogen-bond acceptors (Lipinski definition) is 4. The van der Waals surface area contributed by atoms with E-state index in [0.29, 0.717) is 6.42 Å². The van der Waals surface area contributed by atoms with Crippen LogP contribution < -0.4 is 0 Å². The molecular formula is C22H44O4Si2. The van der Waals surface area contributed by atoms with Crippen molar-refractivity contribution in [3.63, 3.8) is 0 Å². The van der Waals surface area contributed by atoms with Crippen LogP contribution in [0, 0.1) is 0 Å². The Morgan fingerprint density at radius 3 is 2.11 bits per heavy atom. The minimum Gasteiger partial charge on any atom is -0.411 e. The van der Waals surface area contributed by atoms with E-state index < -0.39 is 22.5 Å². The molecule has 0 aromatic heterocycles. The normalized spacial score (nSPS) is 35.2. The standard InChI is InChI=1S/C22H44O4Si2/c1-10-17-21(26-28(8,9)22(2,3)4)15-20(24-17)19-14-16(23)18(25-19)12-11-13-27(5,6)7/h11,13,16-21,23H,10,12,14-15H2,1-9H3/b13-11-/t16-,17-,18-,19-,20-,21-/m1/s1. The Morgan fingerprint density at radius 2 is 1.57 bits per heavy atom. The van der Waals surface area contributed by atoms with Crippen molar-refractivity contribution in [3.05, 3.63) is 11.8 Å². The molecule has 6 atom stereocenters. The van der Waals surface area contributed by atoms with Gasteiger partial charge < -0.3 is 19.0 Å². The molecule has 0 aliphatic carbocycles. The van der Waals surface area contributed by atoms with Crippen LogP contribution in [0.3, 0.4) is 0 Å². The monoisotopic (exact) mass is 428 g/mol. The fourth-order valence-corrected chi connectivity index (χ4v) is 6.00. The summed E-state index contributed by atoms with van der Waals surface area (Å²) in [6.07, 6.45) is 5.25. The molecule has 0 bridgehead atoms. The van der Waals surface area contributed by atoms with Crippen molar-refractivity contribution in [2.24, 2.45) is 0 Å². The lowest BCUT2D eigenvalue weighted by molar-refractivity contribution is -0.0727. The predicted octanol–water partition coefficient (Wildman–Crippen LogP) is 5.29.